The van der Waals surface area contributed by atoms with Crippen molar-refractivity contribution in [3.05, 3.63) is 59.9 Å². The van der Waals surface area contributed by atoms with Gasteiger partial charge in [-0.3, -0.25) is 4.98 Å². The van der Waals surface area contributed by atoms with Gasteiger partial charge in [0, 0.05) is 18.0 Å². The molecule has 0 atom stereocenters. The van der Waals surface area contributed by atoms with E-state index in [-0.39, 0.29) is 0 Å². The molecule has 3 rings (SSSR count). The Morgan fingerprint density at radius 3 is 2.67 bits per heavy atom. The summed E-state index contributed by atoms with van der Waals surface area (Å²) in [6.07, 6.45) is 3.60. The molecule has 0 saturated carbocycles. The fraction of sp³-hybridized carbons (Fsp3) is 0.250. The molecule has 0 N–H and O–H groups in total. The Balaban J connectivity index is 1.89. The second kappa shape index (κ2) is 5.83. The second-order valence-corrected chi connectivity index (χ2v) is 5.25. The minimum atomic E-state index is 0.393. The monoisotopic (exact) mass is 279 g/mol. The standard InChI is InChI=1S/C16H17N5/c1-12(2)14-8-9-17-10-15(14)16-18-20-21(19-16)11-13-6-4-3-5-7-13/h3-10,12H,11H2,1-2H3. The predicted octanol–water partition coefficient (Wildman–Crippen LogP) is 2.91. The first-order valence-electron chi connectivity index (χ1n) is 7.00. The van der Waals surface area contributed by atoms with Gasteiger partial charge in [0.05, 0.1) is 6.54 Å². The maximum absolute atomic E-state index is 4.47. The Hall–Kier alpha value is -2.56. The van der Waals surface area contributed by atoms with E-state index >= 15 is 0 Å². The molecule has 0 unspecified atom stereocenters. The summed E-state index contributed by atoms with van der Waals surface area (Å²) in [5.41, 5.74) is 3.28. The third-order valence-electron chi connectivity index (χ3n) is 3.34. The number of tetrazole rings is 1. The van der Waals surface area contributed by atoms with Gasteiger partial charge in [0.25, 0.3) is 0 Å². The molecule has 0 bridgehead atoms. The average molecular weight is 279 g/mol. The molecule has 0 saturated heterocycles. The quantitative estimate of drug-likeness (QED) is 0.737. The molecule has 2 heterocycles. The minimum absolute atomic E-state index is 0.393. The summed E-state index contributed by atoms with van der Waals surface area (Å²) in [4.78, 5) is 5.79. The van der Waals surface area contributed by atoms with Gasteiger partial charge in [0.2, 0.25) is 5.82 Å². The molecule has 21 heavy (non-hydrogen) atoms. The molecule has 0 aliphatic carbocycles. The molecule has 5 nitrogen and oxygen atoms in total. The van der Waals surface area contributed by atoms with Gasteiger partial charge in [-0.25, -0.2) is 0 Å². The van der Waals surface area contributed by atoms with Gasteiger partial charge in [-0.15, -0.1) is 10.2 Å². The van der Waals surface area contributed by atoms with E-state index in [9.17, 15) is 0 Å². The van der Waals surface area contributed by atoms with Crippen molar-refractivity contribution >= 4 is 0 Å². The van der Waals surface area contributed by atoms with Crippen LogP contribution in [0.25, 0.3) is 11.4 Å². The van der Waals surface area contributed by atoms with Crippen LogP contribution in [0.3, 0.4) is 0 Å². The van der Waals surface area contributed by atoms with Crippen molar-refractivity contribution in [1.82, 2.24) is 25.2 Å². The van der Waals surface area contributed by atoms with Gasteiger partial charge >= 0.3 is 0 Å². The number of nitrogens with zero attached hydrogens (tertiary/aromatic N) is 5. The zero-order valence-corrected chi connectivity index (χ0v) is 12.1. The van der Waals surface area contributed by atoms with Crippen molar-refractivity contribution in [2.75, 3.05) is 0 Å². The number of rotatable bonds is 4. The maximum atomic E-state index is 4.47. The van der Waals surface area contributed by atoms with Crippen LogP contribution in [0.5, 0.6) is 0 Å². The molecule has 0 fully saturated rings. The van der Waals surface area contributed by atoms with Gasteiger partial charge in [-0.1, -0.05) is 44.2 Å². The normalized spacial score (nSPS) is 11.0. The Labute approximate surface area is 123 Å². The van der Waals surface area contributed by atoms with Crippen LogP contribution in [0, 0.1) is 0 Å². The first-order valence-corrected chi connectivity index (χ1v) is 7.00. The van der Waals surface area contributed by atoms with Crippen LogP contribution >= 0.6 is 0 Å². The van der Waals surface area contributed by atoms with Crippen molar-refractivity contribution in [1.29, 1.82) is 0 Å². The van der Waals surface area contributed by atoms with E-state index in [2.05, 4.69) is 34.2 Å². The summed E-state index contributed by atoms with van der Waals surface area (Å²) in [7, 11) is 0. The van der Waals surface area contributed by atoms with E-state index in [1.54, 1.807) is 17.2 Å². The van der Waals surface area contributed by atoms with Gasteiger partial charge in [-0.05, 0) is 28.3 Å². The highest BCUT2D eigenvalue weighted by Crippen LogP contribution is 2.25. The van der Waals surface area contributed by atoms with E-state index in [1.807, 2.05) is 36.4 Å². The van der Waals surface area contributed by atoms with Crippen molar-refractivity contribution in [2.24, 2.45) is 0 Å². The summed E-state index contributed by atoms with van der Waals surface area (Å²) >= 11 is 0. The lowest BCUT2D eigenvalue weighted by molar-refractivity contribution is 0.573. The highest BCUT2D eigenvalue weighted by molar-refractivity contribution is 5.58. The Bertz CT molecular complexity index is 718. The van der Waals surface area contributed by atoms with Crippen molar-refractivity contribution < 1.29 is 0 Å². The van der Waals surface area contributed by atoms with E-state index < -0.39 is 0 Å². The van der Waals surface area contributed by atoms with Gasteiger partial charge in [-0.2, -0.15) is 4.80 Å². The maximum Gasteiger partial charge on any atom is 0.206 e. The highest BCUT2D eigenvalue weighted by Gasteiger charge is 2.13. The zero-order valence-electron chi connectivity index (χ0n) is 12.1. The van der Waals surface area contributed by atoms with Crippen LogP contribution in [0.4, 0.5) is 0 Å². The Kier molecular flexibility index (Phi) is 3.73. The molecular weight excluding hydrogens is 262 g/mol. The molecule has 0 spiro atoms. The fourth-order valence-corrected chi connectivity index (χ4v) is 2.26. The van der Waals surface area contributed by atoms with E-state index in [0.717, 1.165) is 11.1 Å². The first kappa shape index (κ1) is 13.4. The molecule has 0 radical (unpaired) electrons. The summed E-state index contributed by atoms with van der Waals surface area (Å²) in [6, 6.07) is 12.1. The lowest BCUT2D eigenvalue weighted by atomic mass is 9.99. The highest BCUT2D eigenvalue weighted by atomic mass is 15.6. The zero-order chi connectivity index (χ0) is 14.7. The summed E-state index contributed by atoms with van der Waals surface area (Å²) in [6.45, 7) is 4.91. The number of benzene rings is 1. The van der Waals surface area contributed by atoms with E-state index in [4.69, 9.17) is 0 Å². The molecule has 0 aliphatic heterocycles. The van der Waals surface area contributed by atoms with Crippen LogP contribution in [0.15, 0.2) is 48.8 Å². The van der Waals surface area contributed by atoms with E-state index in [1.165, 1.54) is 5.56 Å². The van der Waals surface area contributed by atoms with Gasteiger partial charge < -0.3 is 0 Å². The molecule has 0 amide bonds. The third kappa shape index (κ3) is 2.97. The lowest BCUT2D eigenvalue weighted by Crippen LogP contribution is -2.04. The SMILES string of the molecule is CC(C)c1ccncc1-c1nnn(Cc2ccccc2)n1. The second-order valence-electron chi connectivity index (χ2n) is 5.25. The summed E-state index contributed by atoms with van der Waals surface area (Å²) in [5, 5.41) is 12.8. The number of pyridine rings is 1. The van der Waals surface area contributed by atoms with Crippen LogP contribution < -0.4 is 0 Å². The molecule has 5 heteroatoms. The van der Waals surface area contributed by atoms with Crippen LogP contribution in [0.2, 0.25) is 0 Å². The van der Waals surface area contributed by atoms with Crippen molar-refractivity contribution in [3.63, 3.8) is 0 Å². The molecule has 0 aliphatic rings. The van der Waals surface area contributed by atoms with Crippen LogP contribution in [-0.2, 0) is 6.54 Å². The first-order chi connectivity index (χ1) is 10.2. The van der Waals surface area contributed by atoms with Gasteiger partial charge in [0.15, 0.2) is 0 Å². The lowest BCUT2D eigenvalue weighted by Gasteiger charge is -2.08. The van der Waals surface area contributed by atoms with Gasteiger partial charge in [0.1, 0.15) is 0 Å². The molecule has 3 aromatic rings. The minimum Gasteiger partial charge on any atom is -0.264 e. The average Bonchev–Trinajstić information content (AvgIpc) is 2.96. The Morgan fingerprint density at radius 2 is 1.90 bits per heavy atom. The fourth-order valence-electron chi connectivity index (χ4n) is 2.26. The number of hydrogen-bond donors (Lipinski definition) is 0. The van der Waals surface area contributed by atoms with Crippen molar-refractivity contribution in [3.8, 4) is 11.4 Å². The largest absolute Gasteiger partial charge is 0.264 e. The molecule has 1 aromatic carbocycles. The smallest absolute Gasteiger partial charge is 0.206 e. The van der Waals surface area contributed by atoms with E-state index in [0.29, 0.717) is 18.3 Å². The number of hydrogen-bond acceptors (Lipinski definition) is 4. The topological polar surface area (TPSA) is 56.5 Å². The van der Waals surface area contributed by atoms with Crippen LogP contribution in [0.1, 0.15) is 30.9 Å². The molecular formula is C16H17N5. The van der Waals surface area contributed by atoms with Crippen molar-refractivity contribution in [2.45, 2.75) is 26.3 Å². The predicted molar refractivity (Wildman–Crippen MR) is 80.7 cm³/mol. The summed E-state index contributed by atoms with van der Waals surface area (Å²) in [5.74, 6) is 1.02. The molecule has 106 valence electrons. The number of aromatic nitrogens is 5. The summed E-state index contributed by atoms with van der Waals surface area (Å²) < 4.78 is 0. The van der Waals surface area contributed by atoms with Crippen LogP contribution in [-0.4, -0.2) is 25.2 Å². The molecule has 2 aromatic heterocycles. The Morgan fingerprint density at radius 1 is 1.10 bits per heavy atom. The third-order valence-corrected chi connectivity index (χ3v) is 3.34.